The van der Waals surface area contributed by atoms with Gasteiger partial charge in [0.1, 0.15) is 5.82 Å². The highest BCUT2D eigenvalue weighted by Crippen LogP contribution is 2.33. The zero-order chi connectivity index (χ0) is 24.0. The second-order valence-corrected chi connectivity index (χ2v) is 8.32. The van der Waals surface area contributed by atoms with Gasteiger partial charge >= 0.3 is 0 Å². The summed E-state index contributed by atoms with van der Waals surface area (Å²) in [5.41, 5.74) is 0.860. The van der Waals surface area contributed by atoms with Crippen molar-refractivity contribution < 1.29 is 26.9 Å². The molecule has 0 spiro atoms. The van der Waals surface area contributed by atoms with Crippen molar-refractivity contribution in [2.24, 2.45) is 0 Å². The number of fused-ring (bicyclic) bond motifs is 1. The van der Waals surface area contributed by atoms with Crippen LogP contribution in [-0.2, 0) is 0 Å². The van der Waals surface area contributed by atoms with E-state index in [0.29, 0.717) is 10.9 Å². The van der Waals surface area contributed by atoms with E-state index in [2.05, 4.69) is 20.4 Å². The van der Waals surface area contributed by atoms with E-state index in [1.54, 1.807) is 0 Å². The van der Waals surface area contributed by atoms with Crippen molar-refractivity contribution in [3.8, 4) is 11.3 Å². The molecule has 0 saturated carbocycles. The van der Waals surface area contributed by atoms with Gasteiger partial charge in [-0.2, -0.15) is 0 Å². The second kappa shape index (κ2) is 8.32. The normalized spacial score (nSPS) is 15.6. The first-order valence-corrected chi connectivity index (χ1v) is 10.6. The van der Waals surface area contributed by atoms with Crippen molar-refractivity contribution in [3.05, 3.63) is 59.0 Å². The van der Waals surface area contributed by atoms with Crippen molar-refractivity contribution in [2.45, 2.75) is 18.8 Å². The maximum atomic E-state index is 14.7. The van der Waals surface area contributed by atoms with E-state index in [9.17, 15) is 22.4 Å². The molecule has 34 heavy (non-hydrogen) atoms. The van der Waals surface area contributed by atoms with E-state index in [1.165, 1.54) is 29.4 Å². The number of aromatic nitrogens is 3. The summed E-state index contributed by atoms with van der Waals surface area (Å²) in [6.45, 7) is -0.0162. The molecule has 1 aromatic carbocycles. The SMILES string of the molecule is O=C(Nc1c[nH]c2c(Cl)cc(F)cc12)c1cc(-c2cnc(N3CCC(F)(F)CC3)c(F)c2)on1. The van der Waals surface area contributed by atoms with Gasteiger partial charge in [0.25, 0.3) is 11.8 Å². The first-order chi connectivity index (χ1) is 16.2. The van der Waals surface area contributed by atoms with Crippen LogP contribution < -0.4 is 10.2 Å². The molecule has 4 heterocycles. The van der Waals surface area contributed by atoms with Crippen molar-refractivity contribution in [1.82, 2.24) is 15.1 Å². The summed E-state index contributed by atoms with van der Waals surface area (Å²) in [5.74, 6) is -4.61. The number of hydrogen-bond donors (Lipinski definition) is 2. The highest BCUT2D eigenvalue weighted by atomic mass is 35.5. The minimum Gasteiger partial charge on any atom is -0.358 e. The molecule has 2 N–H and O–H groups in total. The molecule has 176 valence electrons. The van der Waals surface area contributed by atoms with Crippen LogP contribution in [-0.4, -0.2) is 40.0 Å². The van der Waals surface area contributed by atoms with E-state index in [-0.39, 0.29) is 59.5 Å². The van der Waals surface area contributed by atoms with E-state index >= 15 is 0 Å². The Labute approximate surface area is 194 Å². The van der Waals surface area contributed by atoms with Gasteiger partial charge in [-0.1, -0.05) is 16.8 Å². The summed E-state index contributed by atoms with van der Waals surface area (Å²) in [6.07, 6.45) is 2.04. The summed E-state index contributed by atoms with van der Waals surface area (Å²) in [7, 11) is 0. The topological polar surface area (TPSA) is 87.0 Å². The zero-order valence-corrected chi connectivity index (χ0v) is 18.1. The molecule has 1 amide bonds. The van der Waals surface area contributed by atoms with Crippen LogP contribution in [0.4, 0.5) is 29.1 Å². The Kier molecular flexibility index (Phi) is 5.43. The van der Waals surface area contributed by atoms with E-state index < -0.39 is 23.5 Å². The van der Waals surface area contributed by atoms with Crippen molar-refractivity contribution >= 4 is 39.9 Å². The van der Waals surface area contributed by atoms with E-state index in [1.807, 2.05) is 0 Å². The van der Waals surface area contributed by atoms with Crippen LogP contribution in [0.2, 0.25) is 5.02 Å². The molecule has 1 aliphatic heterocycles. The third-order valence-corrected chi connectivity index (χ3v) is 5.90. The fourth-order valence-corrected chi connectivity index (χ4v) is 4.07. The molecule has 0 bridgehead atoms. The van der Waals surface area contributed by atoms with Gasteiger partial charge in [0.05, 0.1) is 16.2 Å². The lowest BCUT2D eigenvalue weighted by molar-refractivity contribution is -0.0222. The van der Waals surface area contributed by atoms with Gasteiger partial charge in [-0.25, -0.2) is 22.5 Å². The first kappa shape index (κ1) is 22.2. The van der Waals surface area contributed by atoms with Gasteiger partial charge in [-0.3, -0.25) is 4.79 Å². The van der Waals surface area contributed by atoms with Gasteiger partial charge in [0, 0.05) is 55.3 Å². The largest absolute Gasteiger partial charge is 0.358 e. The molecule has 0 atom stereocenters. The Morgan fingerprint density at radius 3 is 2.68 bits per heavy atom. The summed E-state index contributed by atoms with van der Waals surface area (Å²) in [5, 5.41) is 6.84. The van der Waals surface area contributed by atoms with Gasteiger partial charge < -0.3 is 19.7 Å². The summed E-state index contributed by atoms with van der Waals surface area (Å²) in [4.78, 5) is 21.0. The first-order valence-electron chi connectivity index (χ1n) is 10.2. The smallest absolute Gasteiger partial charge is 0.277 e. The minimum absolute atomic E-state index is 0.00809. The monoisotopic (exact) mass is 493 g/mol. The summed E-state index contributed by atoms with van der Waals surface area (Å²) < 4.78 is 60.3. The number of carbonyl (C=O) groups excluding carboxylic acids is 1. The second-order valence-electron chi connectivity index (χ2n) is 7.92. The molecular formula is C22H16ClF4N5O2. The number of carbonyl (C=O) groups is 1. The molecule has 5 rings (SSSR count). The Morgan fingerprint density at radius 2 is 1.94 bits per heavy atom. The quantitative estimate of drug-likeness (QED) is 0.359. The fourth-order valence-electron chi connectivity index (χ4n) is 3.81. The Morgan fingerprint density at radius 1 is 1.18 bits per heavy atom. The number of alkyl halides is 2. The number of nitrogens with one attached hydrogen (secondary N) is 2. The maximum Gasteiger partial charge on any atom is 0.277 e. The maximum absolute atomic E-state index is 14.7. The molecule has 0 aliphatic carbocycles. The number of aromatic amines is 1. The number of H-pyrrole nitrogens is 1. The van der Waals surface area contributed by atoms with E-state index in [0.717, 1.165) is 12.1 Å². The Balaban J connectivity index is 1.33. The molecule has 3 aromatic heterocycles. The van der Waals surface area contributed by atoms with Crippen molar-refractivity contribution in [1.29, 1.82) is 0 Å². The van der Waals surface area contributed by atoms with Crippen LogP contribution in [0.3, 0.4) is 0 Å². The van der Waals surface area contributed by atoms with Gasteiger partial charge in [-0.15, -0.1) is 0 Å². The van der Waals surface area contributed by atoms with Crippen LogP contribution in [0.15, 0.2) is 41.2 Å². The molecular weight excluding hydrogens is 478 g/mol. The molecule has 4 aromatic rings. The van der Waals surface area contributed by atoms with Crippen LogP contribution in [0.5, 0.6) is 0 Å². The highest BCUT2D eigenvalue weighted by molar-refractivity contribution is 6.35. The average Bonchev–Trinajstić information content (AvgIpc) is 3.42. The van der Waals surface area contributed by atoms with Gasteiger partial charge in [-0.05, 0) is 18.2 Å². The van der Waals surface area contributed by atoms with Gasteiger partial charge in [0.15, 0.2) is 23.1 Å². The number of piperidine rings is 1. The van der Waals surface area contributed by atoms with Crippen LogP contribution in [0.25, 0.3) is 22.2 Å². The highest BCUT2D eigenvalue weighted by Gasteiger charge is 2.35. The third-order valence-electron chi connectivity index (χ3n) is 5.60. The van der Waals surface area contributed by atoms with Crippen LogP contribution >= 0.6 is 11.6 Å². The summed E-state index contributed by atoms with van der Waals surface area (Å²) >= 11 is 6.00. The molecule has 7 nitrogen and oxygen atoms in total. The number of halogens is 5. The van der Waals surface area contributed by atoms with Crippen molar-refractivity contribution in [2.75, 3.05) is 23.3 Å². The number of hydrogen-bond acceptors (Lipinski definition) is 5. The zero-order valence-electron chi connectivity index (χ0n) is 17.3. The molecule has 1 fully saturated rings. The minimum atomic E-state index is -2.75. The Hall–Kier alpha value is -3.60. The number of amides is 1. The number of pyridine rings is 1. The lowest BCUT2D eigenvalue weighted by Crippen LogP contribution is -2.40. The average molecular weight is 494 g/mol. The van der Waals surface area contributed by atoms with E-state index in [4.69, 9.17) is 16.1 Å². The number of benzene rings is 1. The fraction of sp³-hybridized carbons (Fsp3) is 0.227. The molecule has 1 saturated heterocycles. The molecule has 12 heteroatoms. The Bertz CT molecular complexity index is 1390. The molecule has 0 radical (unpaired) electrons. The number of nitrogens with zero attached hydrogens (tertiary/aromatic N) is 3. The number of rotatable bonds is 4. The van der Waals surface area contributed by atoms with Crippen LogP contribution in [0, 0.1) is 11.6 Å². The molecule has 1 aliphatic rings. The standard InChI is InChI=1S/C22H16ClF4N5O2/c23-14-7-12(24)6-13-17(10-28-19(13)14)30-21(33)16-8-18(34-31-16)11-5-15(25)20(29-9-11)32-3-1-22(26,27)2-4-32/h5-10,28H,1-4H2,(H,30,33). The van der Waals surface area contributed by atoms with Crippen LogP contribution in [0.1, 0.15) is 23.3 Å². The lowest BCUT2D eigenvalue weighted by atomic mass is 10.1. The predicted molar refractivity (Wildman–Crippen MR) is 117 cm³/mol. The third kappa shape index (κ3) is 4.18. The summed E-state index contributed by atoms with van der Waals surface area (Å²) in [6, 6.07) is 4.81. The predicted octanol–water partition coefficient (Wildman–Crippen LogP) is 5.64. The number of anilines is 2. The molecule has 0 unspecified atom stereocenters. The lowest BCUT2D eigenvalue weighted by Gasteiger charge is -2.32. The van der Waals surface area contributed by atoms with Gasteiger partial charge in [0.2, 0.25) is 0 Å². The van der Waals surface area contributed by atoms with Crippen molar-refractivity contribution in [3.63, 3.8) is 0 Å².